The molecule has 1 aromatic carbocycles. The van der Waals surface area contributed by atoms with Gasteiger partial charge in [-0.3, -0.25) is 14.6 Å². The van der Waals surface area contributed by atoms with Crippen molar-refractivity contribution in [1.29, 1.82) is 0 Å². The number of rotatable bonds is 6. The standard InChI is InChI=1S/C13H16N2O4/c1-2-10(9-5-3-4-6-11(9)16)14-7-12(17)15-8-13(18)19/h3-6,16H,2,7-8H2,1H3,(H,15,17)(H,18,19). The molecule has 0 aliphatic carbocycles. The molecular formula is C13H16N2O4. The van der Waals surface area contributed by atoms with Crippen LogP contribution >= 0.6 is 0 Å². The zero-order chi connectivity index (χ0) is 14.3. The van der Waals surface area contributed by atoms with E-state index in [9.17, 15) is 14.7 Å². The molecule has 1 aromatic rings. The quantitative estimate of drug-likeness (QED) is 0.661. The molecule has 3 N–H and O–H groups in total. The number of para-hydroxylation sites is 1. The summed E-state index contributed by atoms with van der Waals surface area (Å²) in [4.78, 5) is 25.7. The molecule has 1 amide bonds. The van der Waals surface area contributed by atoms with E-state index in [0.717, 1.165) is 0 Å². The monoisotopic (exact) mass is 264 g/mol. The smallest absolute Gasteiger partial charge is 0.322 e. The Bertz CT molecular complexity index is 497. The minimum Gasteiger partial charge on any atom is -0.507 e. The van der Waals surface area contributed by atoms with Crippen molar-refractivity contribution in [2.75, 3.05) is 13.1 Å². The van der Waals surface area contributed by atoms with Crippen LogP contribution in [0.2, 0.25) is 0 Å². The van der Waals surface area contributed by atoms with Crippen molar-refractivity contribution in [3.8, 4) is 5.75 Å². The Morgan fingerprint density at radius 1 is 1.32 bits per heavy atom. The van der Waals surface area contributed by atoms with E-state index in [-0.39, 0.29) is 12.3 Å². The number of aliphatic imine (C=N–C) groups is 1. The number of nitrogens with one attached hydrogen (secondary N) is 1. The van der Waals surface area contributed by atoms with Crippen molar-refractivity contribution >= 4 is 17.6 Å². The molecule has 0 radical (unpaired) electrons. The molecule has 102 valence electrons. The molecule has 0 saturated carbocycles. The topological polar surface area (TPSA) is 99.0 Å². The number of aromatic hydroxyl groups is 1. The maximum atomic E-state index is 11.3. The lowest BCUT2D eigenvalue weighted by Crippen LogP contribution is -2.31. The molecule has 0 bridgehead atoms. The second-order valence-electron chi connectivity index (χ2n) is 3.80. The van der Waals surface area contributed by atoms with Gasteiger partial charge in [-0.05, 0) is 18.6 Å². The summed E-state index contributed by atoms with van der Waals surface area (Å²) in [6.45, 7) is 1.28. The Morgan fingerprint density at radius 2 is 2.00 bits per heavy atom. The summed E-state index contributed by atoms with van der Waals surface area (Å²) in [6, 6.07) is 6.73. The molecule has 0 aliphatic rings. The van der Waals surface area contributed by atoms with Crippen molar-refractivity contribution in [2.45, 2.75) is 13.3 Å². The van der Waals surface area contributed by atoms with Gasteiger partial charge in [-0.1, -0.05) is 19.1 Å². The van der Waals surface area contributed by atoms with E-state index in [1.54, 1.807) is 24.3 Å². The van der Waals surface area contributed by atoms with Gasteiger partial charge in [0.2, 0.25) is 5.91 Å². The first-order valence-electron chi connectivity index (χ1n) is 5.84. The van der Waals surface area contributed by atoms with Gasteiger partial charge in [0.25, 0.3) is 0 Å². The van der Waals surface area contributed by atoms with Crippen LogP contribution in [0.4, 0.5) is 0 Å². The summed E-state index contributed by atoms with van der Waals surface area (Å²) in [5.41, 5.74) is 1.18. The number of carbonyl (C=O) groups excluding carboxylic acids is 1. The third kappa shape index (κ3) is 4.79. The highest BCUT2D eigenvalue weighted by atomic mass is 16.4. The normalized spacial score (nSPS) is 11.1. The summed E-state index contributed by atoms with van der Waals surface area (Å²) >= 11 is 0. The second kappa shape index (κ2) is 7.15. The van der Waals surface area contributed by atoms with Crippen LogP contribution in [-0.2, 0) is 9.59 Å². The van der Waals surface area contributed by atoms with E-state index < -0.39 is 18.4 Å². The lowest BCUT2D eigenvalue weighted by Gasteiger charge is -2.06. The lowest BCUT2D eigenvalue weighted by molar-refractivity contribution is -0.137. The average Bonchev–Trinajstić information content (AvgIpc) is 2.39. The van der Waals surface area contributed by atoms with E-state index in [1.165, 1.54) is 0 Å². The van der Waals surface area contributed by atoms with Crippen molar-refractivity contribution in [2.24, 2.45) is 4.99 Å². The third-order valence-corrected chi connectivity index (χ3v) is 2.40. The molecule has 0 aliphatic heterocycles. The summed E-state index contributed by atoms with van der Waals surface area (Å²) in [6.07, 6.45) is 0.559. The molecular weight excluding hydrogens is 248 g/mol. The van der Waals surface area contributed by atoms with Crippen LogP contribution in [-0.4, -0.2) is 40.9 Å². The molecule has 0 atom stereocenters. The number of hydrogen-bond donors (Lipinski definition) is 3. The predicted octanol–water partition coefficient (Wildman–Crippen LogP) is 0.792. The first-order chi connectivity index (χ1) is 9.04. The van der Waals surface area contributed by atoms with E-state index in [1.807, 2.05) is 6.92 Å². The highest BCUT2D eigenvalue weighted by Gasteiger charge is 2.08. The number of phenolic OH excluding ortho intramolecular Hbond substituents is 1. The van der Waals surface area contributed by atoms with E-state index >= 15 is 0 Å². The van der Waals surface area contributed by atoms with Gasteiger partial charge in [0.05, 0.1) is 0 Å². The first kappa shape index (κ1) is 14.7. The minimum absolute atomic E-state index is 0.106. The summed E-state index contributed by atoms with van der Waals surface area (Å²) in [5, 5.41) is 20.3. The fourth-order valence-electron chi connectivity index (χ4n) is 1.50. The van der Waals surface area contributed by atoms with Crippen molar-refractivity contribution in [1.82, 2.24) is 5.32 Å². The van der Waals surface area contributed by atoms with Gasteiger partial charge in [-0.15, -0.1) is 0 Å². The van der Waals surface area contributed by atoms with Gasteiger partial charge < -0.3 is 15.5 Å². The fraction of sp³-hybridized carbons (Fsp3) is 0.308. The number of phenols is 1. The highest BCUT2D eigenvalue weighted by molar-refractivity contribution is 6.03. The number of carboxylic acids is 1. The van der Waals surface area contributed by atoms with Crippen LogP contribution in [0.1, 0.15) is 18.9 Å². The van der Waals surface area contributed by atoms with E-state index in [2.05, 4.69) is 10.3 Å². The van der Waals surface area contributed by atoms with Crippen LogP contribution in [0.3, 0.4) is 0 Å². The van der Waals surface area contributed by atoms with Crippen LogP contribution in [0.25, 0.3) is 0 Å². The SMILES string of the molecule is CCC(=NCC(=O)NCC(=O)O)c1ccccc1O. The summed E-state index contributed by atoms with van der Waals surface area (Å²) < 4.78 is 0. The maximum Gasteiger partial charge on any atom is 0.322 e. The average molecular weight is 264 g/mol. The molecule has 0 fully saturated rings. The lowest BCUT2D eigenvalue weighted by atomic mass is 10.1. The predicted molar refractivity (Wildman–Crippen MR) is 70.4 cm³/mol. The number of carbonyl (C=O) groups is 2. The number of hydrogen-bond acceptors (Lipinski definition) is 4. The Hall–Kier alpha value is -2.37. The van der Waals surface area contributed by atoms with Crippen LogP contribution in [0.15, 0.2) is 29.3 Å². The van der Waals surface area contributed by atoms with Gasteiger partial charge in [0, 0.05) is 11.3 Å². The molecule has 6 nitrogen and oxygen atoms in total. The molecule has 0 unspecified atom stereocenters. The van der Waals surface area contributed by atoms with Gasteiger partial charge in [-0.25, -0.2) is 0 Å². The van der Waals surface area contributed by atoms with Gasteiger partial charge in [-0.2, -0.15) is 0 Å². The molecule has 0 heterocycles. The largest absolute Gasteiger partial charge is 0.507 e. The zero-order valence-electron chi connectivity index (χ0n) is 10.6. The fourth-order valence-corrected chi connectivity index (χ4v) is 1.50. The van der Waals surface area contributed by atoms with Crippen molar-refractivity contribution in [3.63, 3.8) is 0 Å². The van der Waals surface area contributed by atoms with Crippen LogP contribution in [0.5, 0.6) is 5.75 Å². The first-order valence-corrected chi connectivity index (χ1v) is 5.84. The number of amides is 1. The molecule has 0 saturated heterocycles. The summed E-state index contributed by atoms with van der Waals surface area (Å²) in [5.74, 6) is -1.47. The Morgan fingerprint density at radius 3 is 2.58 bits per heavy atom. The van der Waals surface area contributed by atoms with E-state index in [0.29, 0.717) is 17.7 Å². The van der Waals surface area contributed by atoms with Crippen molar-refractivity contribution < 1.29 is 19.8 Å². The van der Waals surface area contributed by atoms with Gasteiger partial charge >= 0.3 is 5.97 Å². The maximum absolute atomic E-state index is 11.3. The van der Waals surface area contributed by atoms with Gasteiger partial charge in [0.1, 0.15) is 18.8 Å². The van der Waals surface area contributed by atoms with Crippen molar-refractivity contribution in [3.05, 3.63) is 29.8 Å². The number of aliphatic carboxylic acids is 1. The Balaban J connectivity index is 2.70. The second-order valence-corrected chi connectivity index (χ2v) is 3.80. The third-order valence-electron chi connectivity index (χ3n) is 2.40. The Labute approximate surface area is 110 Å². The number of carboxylic acid groups (broad SMARTS) is 1. The summed E-state index contributed by atoms with van der Waals surface area (Å²) in [7, 11) is 0. The van der Waals surface area contributed by atoms with Crippen LogP contribution < -0.4 is 5.32 Å². The minimum atomic E-state index is -1.10. The molecule has 0 aromatic heterocycles. The molecule has 6 heteroatoms. The highest BCUT2D eigenvalue weighted by Crippen LogP contribution is 2.17. The molecule has 1 rings (SSSR count). The number of nitrogens with zero attached hydrogens (tertiary/aromatic N) is 1. The molecule has 0 spiro atoms. The van der Waals surface area contributed by atoms with Crippen LogP contribution in [0, 0.1) is 0 Å². The Kier molecular flexibility index (Phi) is 5.53. The van der Waals surface area contributed by atoms with E-state index in [4.69, 9.17) is 5.11 Å². The number of benzene rings is 1. The zero-order valence-corrected chi connectivity index (χ0v) is 10.6. The molecule has 19 heavy (non-hydrogen) atoms. The van der Waals surface area contributed by atoms with Gasteiger partial charge in [0.15, 0.2) is 0 Å².